The average Bonchev–Trinajstić information content (AvgIpc) is 3.36. The Balaban J connectivity index is 1.17. The molecular formula is C20H26N4O3S. The van der Waals surface area contributed by atoms with Crippen LogP contribution in [-0.2, 0) is 9.59 Å². The molecule has 3 unspecified atom stereocenters. The van der Waals surface area contributed by atoms with Gasteiger partial charge < -0.3 is 20.9 Å². The quantitative estimate of drug-likeness (QED) is 0.483. The van der Waals surface area contributed by atoms with Crippen molar-refractivity contribution in [3.8, 4) is 0 Å². The fourth-order valence-corrected chi connectivity index (χ4v) is 5.69. The SMILES string of the molecule is O=C(CCCCC1SCC2NC(=O)NC21)Nc1ccc(N2CCCC2=O)cc1. The van der Waals surface area contributed by atoms with E-state index in [0.717, 1.165) is 49.4 Å². The number of carbonyl (C=O) groups excluding carboxylic acids is 3. The van der Waals surface area contributed by atoms with Crippen LogP contribution in [-0.4, -0.2) is 47.5 Å². The Hall–Kier alpha value is -2.22. The van der Waals surface area contributed by atoms with Crippen LogP contribution < -0.4 is 20.9 Å². The molecular weight excluding hydrogens is 376 g/mol. The number of rotatable bonds is 7. The topological polar surface area (TPSA) is 90.5 Å². The number of hydrogen-bond donors (Lipinski definition) is 3. The van der Waals surface area contributed by atoms with Crippen molar-refractivity contribution in [3.63, 3.8) is 0 Å². The van der Waals surface area contributed by atoms with Crippen molar-refractivity contribution in [1.29, 1.82) is 0 Å². The maximum Gasteiger partial charge on any atom is 0.315 e. The molecule has 150 valence electrons. The molecule has 3 atom stereocenters. The fourth-order valence-electron chi connectivity index (χ4n) is 4.14. The van der Waals surface area contributed by atoms with Crippen LogP contribution in [0.5, 0.6) is 0 Å². The van der Waals surface area contributed by atoms with E-state index in [1.54, 1.807) is 4.90 Å². The lowest BCUT2D eigenvalue weighted by Gasteiger charge is -2.16. The molecule has 3 N–H and O–H groups in total. The lowest BCUT2D eigenvalue weighted by Crippen LogP contribution is -2.36. The molecule has 8 heteroatoms. The van der Waals surface area contributed by atoms with Crippen molar-refractivity contribution in [1.82, 2.24) is 10.6 Å². The number of thioether (sulfide) groups is 1. The molecule has 0 spiro atoms. The third-order valence-electron chi connectivity index (χ3n) is 5.62. The van der Waals surface area contributed by atoms with Crippen molar-refractivity contribution in [2.24, 2.45) is 0 Å². The van der Waals surface area contributed by atoms with Crippen LogP contribution in [0.15, 0.2) is 24.3 Å². The molecule has 3 heterocycles. The lowest BCUT2D eigenvalue weighted by molar-refractivity contribution is -0.117. The first-order valence-corrected chi connectivity index (χ1v) is 11.0. The van der Waals surface area contributed by atoms with E-state index in [2.05, 4.69) is 16.0 Å². The number of nitrogens with zero attached hydrogens (tertiary/aromatic N) is 1. The second-order valence-electron chi connectivity index (χ2n) is 7.61. The molecule has 0 aromatic heterocycles. The lowest BCUT2D eigenvalue weighted by atomic mass is 10.0. The first-order chi connectivity index (χ1) is 13.6. The number of anilines is 2. The second-order valence-corrected chi connectivity index (χ2v) is 8.88. The van der Waals surface area contributed by atoms with Crippen LogP contribution in [0, 0.1) is 0 Å². The van der Waals surface area contributed by atoms with E-state index in [1.807, 2.05) is 36.0 Å². The van der Waals surface area contributed by atoms with Gasteiger partial charge in [0.05, 0.1) is 12.1 Å². The molecule has 1 aromatic rings. The zero-order valence-electron chi connectivity index (χ0n) is 15.8. The summed E-state index contributed by atoms with van der Waals surface area (Å²) < 4.78 is 0. The third kappa shape index (κ3) is 4.27. The Labute approximate surface area is 169 Å². The molecule has 0 saturated carbocycles. The number of fused-ring (bicyclic) bond motifs is 1. The fraction of sp³-hybridized carbons (Fsp3) is 0.550. The Morgan fingerprint density at radius 3 is 2.75 bits per heavy atom. The van der Waals surface area contributed by atoms with Gasteiger partial charge in [-0.3, -0.25) is 9.59 Å². The predicted octanol–water partition coefficient (Wildman–Crippen LogP) is 2.48. The third-order valence-corrected chi connectivity index (χ3v) is 7.13. The van der Waals surface area contributed by atoms with Crippen LogP contribution in [0.4, 0.5) is 16.2 Å². The number of amides is 4. The molecule has 3 fully saturated rings. The first kappa shape index (κ1) is 19.1. The van der Waals surface area contributed by atoms with Crippen LogP contribution in [0.3, 0.4) is 0 Å². The number of urea groups is 1. The Kier molecular flexibility index (Phi) is 5.75. The second kappa shape index (κ2) is 8.43. The van der Waals surface area contributed by atoms with E-state index < -0.39 is 0 Å². The van der Waals surface area contributed by atoms with Gasteiger partial charge in [0, 0.05) is 41.8 Å². The van der Waals surface area contributed by atoms with Crippen molar-refractivity contribution in [2.45, 2.75) is 55.9 Å². The summed E-state index contributed by atoms with van der Waals surface area (Å²) in [5, 5.41) is 9.32. The highest BCUT2D eigenvalue weighted by molar-refractivity contribution is 8.00. The van der Waals surface area contributed by atoms with Gasteiger partial charge in [0.2, 0.25) is 11.8 Å². The van der Waals surface area contributed by atoms with Gasteiger partial charge in [-0.25, -0.2) is 4.79 Å². The minimum atomic E-state index is -0.0557. The van der Waals surface area contributed by atoms with Gasteiger partial charge in [-0.05, 0) is 43.5 Å². The van der Waals surface area contributed by atoms with Crippen LogP contribution in [0.25, 0.3) is 0 Å². The van der Waals surface area contributed by atoms with E-state index >= 15 is 0 Å². The molecule has 3 saturated heterocycles. The number of benzene rings is 1. The summed E-state index contributed by atoms with van der Waals surface area (Å²) in [4.78, 5) is 37.2. The summed E-state index contributed by atoms with van der Waals surface area (Å²) in [6, 6.07) is 7.90. The molecule has 1 aromatic carbocycles. The highest BCUT2D eigenvalue weighted by Gasteiger charge is 2.42. The van der Waals surface area contributed by atoms with Crippen molar-refractivity contribution in [3.05, 3.63) is 24.3 Å². The van der Waals surface area contributed by atoms with E-state index in [-0.39, 0.29) is 29.9 Å². The number of hydrogen-bond acceptors (Lipinski definition) is 4. The van der Waals surface area contributed by atoms with Gasteiger partial charge in [0.15, 0.2) is 0 Å². The summed E-state index contributed by atoms with van der Waals surface area (Å²) >= 11 is 1.90. The van der Waals surface area contributed by atoms with Gasteiger partial charge in [-0.15, -0.1) is 0 Å². The zero-order valence-corrected chi connectivity index (χ0v) is 16.6. The number of nitrogens with one attached hydrogen (secondary N) is 3. The molecule has 4 amide bonds. The molecule has 28 heavy (non-hydrogen) atoms. The van der Waals surface area contributed by atoms with Gasteiger partial charge in [0.1, 0.15) is 0 Å². The summed E-state index contributed by atoms with van der Waals surface area (Å²) in [7, 11) is 0. The number of carbonyl (C=O) groups is 3. The normalized spacial score (nSPS) is 26.1. The average molecular weight is 403 g/mol. The standard InChI is InChI=1S/C20H26N4O3S/c25-17(5-2-1-4-16-19-15(12-28-16)22-20(27)23-19)21-13-7-9-14(10-8-13)24-11-3-6-18(24)26/h7-10,15-16,19H,1-6,11-12H2,(H,21,25)(H2,22,23,27). The summed E-state index contributed by atoms with van der Waals surface area (Å²) in [6.07, 6.45) is 4.83. The van der Waals surface area contributed by atoms with Gasteiger partial charge in [0.25, 0.3) is 0 Å². The Bertz CT molecular complexity index is 754. The Morgan fingerprint density at radius 1 is 1.18 bits per heavy atom. The van der Waals surface area contributed by atoms with Gasteiger partial charge >= 0.3 is 6.03 Å². The van der Waals surface area contributed by atoms with E-state index in [1.165, 1.54) is 0 Å². The highest BCUT2D eigenvalue weighted by atomic mass is 32.2. The summed E-state index contributed by atoms with van der Waals surface area (Å²) in [5.41, 5.74) is 1.65. The maximum absolute atomic E-state index is 12.2. The van der Waals surface area contributed by atoms with E-state index in [4.69, 9.17) is 0 Å². The van der Waals surface area contributed by atoms with Crippen LogP contribution in [0.2, 0.25) is 0 Å². The van der Waals surface area contributed by atoms with Gasteiger partial charge in [-0.1, -0.05) is 6.42 Å². The van der Waals surface area contributed by atoms with Crippen molar-refractivity contribution >= 4 is 41.0 Å². The highest BCUT2D eigenvalue weighted by Crippen LogP contribution is 2.33. The van der Waals surface area contributed by atoms with E-state index in [9.17, 15) is 14.4 Å². The maximum atomic E-state index is 12.2. The summed E-state index contributed by atoms with van der Waals surface area (Å²) in [5.74, 6) is 1.14. The molecule has 7 nitrogen and oxygen atoms in total. The molecule has 3 aliphatic heterocycles. The minimum absolute atomic E-state index is 0.0118. The van der Waals surface area contributed by atoms with E-state index in [0.29, 0.717) is 18.1 Å². The molecule has 0 radical (unpaired) electrons. The molecule has 4 rings (SSSR count). The molecule has 3 aliphatic rings. The van der Waals surface area contributed by atoms with Crippen LogP contribution in [0.1, 0.15) is 38.5 Å². The summed E-state index contributed by atoms with van der Waals surface area (Å²) in [6.45, 7) is 0.769. The molecule has 0 aliphatic carbocycles. The number of unbranched alkanes of at least 4 members (excludes halogenated alkanes) is 1. The monoisotopic (exact) mass is 402 g/mol. The zero-order chi connectivity index (χ0) is 19.5. The van der Waals surface area contributed by atoms with Crippen LogP contribution >= 0.6 is 11.8 Å². The first-order valence-electron chi connectivity index (χ1n) is 9.99. The minimum Gasteiger partial charge on any atom is -0.332 e. The van der Waals surface area contributed by atoms with Crippen molar-refractivity contribution in [2.75, 3.05) is 22.5 Å². The predicted molar refractivity (Wildman–Crippen MR) is 111 cm³/mol. The van der Waals surface area contributed by atoms with Crippen molar-refractivity contribution < 1.29 is 14.4 Å². The largest absolute Gasteiger partial charge is 0.332 e. The smallest absolute Gasteiger partial charge is 0.315 e. The Morgan fingerprint density at radius 2 is 2.00 bits per heavy atom. The molecule has 0 bridgehead atoms. The van der Waals surface area contributed by atoms with Gasteiger partial charge in [-0.2, -0.15) is 11.8 Å².